The molecular formula is C64H61N15O10S4. The Morgan fingerprint density at radius 2 is 1.10 bits per heavy atom. The number of aliphatic hydroxyl groups excluding tert-OH is 1. The minimum Gasteiger partial charge on any atom is -0.507 e. The predicted octanol–water partition coefficient (Wildman–Crippen LogP) is 17.2. The van der Waals surface area contributed by atoms with Crippen molar-refractivity contribution in [3.05, 3.63) is 165 Å². The molecule has 0 aliphatic heterocycles. The number of nitrogens with zero attached hydrogens (tertiary/aromatic N) is 14. The monoisotopic (exact) mass is 1330 g/mol. The molecule has 5 N–H and O–H groups in total. The van der Waals surface area contributed by atoms with Crippen LogP contribution in [0.15, 0.2) is 175 Å². The van der Waals surface area contributed by atoms with Gasteiger partial charge >= 0.3 is 18.3 Å². The van der Waals surface area contributed by atoms with Gasteiger partial charge in [0.05, 0.1) is 56.8 Å². The summed E-state index contributed by atoms with van der Waals surface area (Å²) < 4.78 is 10.7. The molecule has 12 aromatic rings. The average Bonchev–Trinajstić information content (AvgIpc) is 1.80. The van der Waals surface area contributed by atoms with E-state index >= 15 is 0 Å². The molecule has 25 nitrogen and oxygen atoms in total. The molecule has 12 rings (SSSR count). The summed E-state index contributed by atoms with van der Waals surface area (Å²) in [5, 5.41) is 91.9. The average molecular weight is 1330 g/mol. The number of H-pyrrole nitrogens is 1. The van der Waals surface area contributed by atoms with Crippen molar-refractivity contribution in [2.75, 3.05) is 32.2 Å². The number of rotatable bonds is 15. The van der Waals surface area contributed by atoms with E-state index in [2.05, 4.69) is 66.3 Å². The number of hydrogen-bond acceptors (Lipinski definition) is 27. The van der Waals surface area contributed by atoms with Crippen molar-refractivity contribution >= 4 is 155 Å². The summed E-state index contributed by atoms with van der Waals surface area (Å²) in [6.45, 7) is 12.8. The molecule has 0 spiro atoms. The van der Waals surface area contributed by atoms with Crippen molar-refractivity contribution in [3.63, 3.8) is 0 Å². The molecule has 93 heavy (non-hydrogen) atoms. The summed E-state index contributed by atoms with van der Waals surface area (Å²) in [7, 11) is 3.92. The van der Waals surface area contributed by atoms with E-state index in [4.69, 9.17) is 29.0 Å². The number of anilines is 1. The van der Waals surface area contributed by atoms with Crippen LogP contribution in [0.4, 0.5) is 51.4 Å². The number of thiophene rings is 4. The largest absolute Gasteiger partial charge is 0.507 e. The number of phenolic OH excluding ortho intramolecular Hbond substituents is 3. The molecule has 8 heterocycles. The van der Waals surface area contributed by atoms with Crippen molar-refractivity contribution in [2.45, 2.75) is 60.9 Å². The molecule has 0 fully saturated rings. The van der Waals surface area contributed by atoms with E-state index in [1.54, 1.807) is 102 Å². The van der Waals surface area contributed by atoms with Gasteiger partial charge in [-0.2, -0.15) is 39.6 Å². The number of aromatic hydroxyl groups is 3. The highest BCUT2D eigenvalue weighted by Gasteiger charge is 2.19. The van der Waals surface area contributed by atoms with Gasteiger partial charge in [-0.05, 0) is 149 Å². The maximum Gasteiger partial charge on any atom is 0.373 e. The van der Waals surface area contributed by atoms with Crippen LogP contribution in [0.1, 0.15) is 56.2 Å². The Morgan fingerprint density at radius 1 is 0.581 bits per heavy atom. The van der Waals surface area contributed by atoms with E-state index in [0.29, 0.717) is 58.2 Å². The van der Waals surface area contributed by atoms with Gasteiger partial charge in [0.15, 0.2) is 11.6 Å². The number of hydrogen-bond donors (Lipinski definition) is 5. The Bertz CT molecular complexity index is 4650. The van der Waals surface area contributed by atoms with Crippen molar-refractivity contribution in [2.24, 2.45) is 40.9 Å². The number of carbonyl (C=O) groups is 1. The number of aliphatic hydroxyl groups is 1. The third-order valence-corrected chi connectivity index (χ3v) is 17.3. The highest BCUT2D eigenvalue weighted by atomic mass is 32.1. The summed E-state index contributed by atoms with van der Waals surface area (Å²) in [5.41, 5.74) is 7.33. The second-order valence-corrected chi connectivity index (χ2v) is 24.3. The molecule has 0 bridgehead atoms. The lowest BCUT2D eigenvalue weighted by atomic mass is 10.1. The van der Waals surface area contributed by atoms with Crippen molar-refractivity contribution in [3.8, 4) is 17.2 Å². The molecule has 29 heteroatoms. The molecular weight excluding hydrogens is 1270 g/mol. The fraction of sp³-hybridized carbons (Fsp3) is 0.203. The number of aryl methyl sites for hydroxylation is 5. The standard InChI is InChI=1S/C17H17N5O2S.C17H19N3O2S.C15H14N4OS.C13H11N3OS.2CO2/c1-4-24-17(23)15-9-12-14(22(2)3)6-5-13(16(12)25-15)21-20-11-7-8-18-19-10-11;1-3-12-10-14(22)13-9-11(2)23-17(13)16(12)19-18-15-5-4-6-20(15)7-8-21;1-3-10-7-13(20)12-6-9(2)21-15(12)14(10)19-18-11-4-5-16-17-8-11;1-8-7-9-11(17)5-4-10(13(9)18-8)15-16-12-3-2-6-14-12;2*2-1-3/h5-10H,4H2,1-3H3;4-6,9-10,21-22H,3,7-8H2,1-2H3;4-8,20H,3H2,1-2H3;2-7,14,17H,1H3;;. The number of aromatic nitrogens is 6. The summed E-state index contributed by atoms with van der Waals surface area (Å²) in [4.78, 5) is 53.5. The second-order valence-electron chi connectivity index (χ2n) is 19.5. The fourth-order valence-corrected chi connectivity index (χ4v) is 13.0. The first-order valence-electron chi connectivity index (χ1n) is 28.2. The lowest BCUT2D eigenvalue weighted by molar-refractivity contribution is -0.193. The number of phenols is 3. The van der Waals surface area contributed by atoms with Gasteiger partial charge in [0.1, 0.15) is 56.3 Å². The topological polar surface area (TPSA) is 350 Å². The van der Waals surface area contributed by atoms with Gasteiger partial charge in [-0.3, -0.25) is 0 Å². The maximum atomic E-state index is 12.1. The van der Waals surface area contributed by atoms with Crippen LogP contribution in [0.2, 0.25) is 0 Å². The van der Waals surface area contributed by atoms with E-state index in [-0.39, 0.29) is 30.6 Å². The van der Waals surface area contributed by atoms with Crippen LogP contribution in [0.25, 0.3) is 40.3 Å². The van der Waals surface area contributed by atoms with Crippen LogP contribution >= 0.6 is 45.3 Å². The van der Waals surface area contributed by atoms with Gasteiger partial charge in [-0.25, -0.2) is 4.79 Å². The van der Waals surface area contributed by atoms with Gasteiger partial charge in [0.25, 0.3) is 0 Å². The first-order valence-corrected chi connectivity index (χ1v) is 31.5. The number of fused-ring (bicyclic) bond motifs is 4. The number of aromatic amines is 1. The first-order chi connectivity index (χ1) is 45.0. The van der Waals surface area contributed by atoms with Crippen molar-refractivity contribution in [1.29, 1.82) is 0 Å². The second kappa shape index (κ2) is 34.4. The highest BCUT2D eigenvalue weighted by molar-refractivity contribution is 7.21. The Kier molecular flexibility index (Phi) is 25.8. The third kappa shape index (κ3) is 18.5. The molecule has 0 radical (unpaired) electrons. The molecule has 0 aliphatic rings. The smallest absolute Gasteiger partial charge is 0.373 e. The van der Waals surface area contributed by atoms with Crippen LogP contribution < -0.4 is 4.90 Å². The number of carbonyl (C=O) groups excluding carboxylic acids is 5. The van der Waals surface area contributed by atoms with Crippen LogP contribution in [-0.4, -0.2) is 96.0 Å². The SMILES string of the molecule is CCOC(=O)c1cc2c(N(C)C)ccc(N=Nc3ccnnc3)c2s1.CCc1cc(O)c2cc(C)sc2c1N=Nc1cccn1CCO.CCc1cc(O)c2cc(C)sc2c1N=Nc1ccnnc1.Cc1cc2c(O)ccc(N=Nc3ccc[nH]3)c2s1.O=C=O.O=C=O. The Labute approximate surface area is 547 Å². The number of nitrogens with one attached hydrogen (secondary N) is 1. The lowest BCUT2D eigenvalue weighted by Crippen LogP contribution is -2.08. The number of benzene rings is 4. The molecule has 0 saturated heterocycles. The van der Waals surface area contributed by atoms with Crippen LogP contribution in [0, 0.1) is 20.8 Å². The zero-order valence-electron chi connectivity index (χ0n) is 51.4. The Morgan fingerprint density at radius 3 is 1.60 bits per heavy atom. The van der Waals surface area contributed by atoms with E-state index in [1.807, 2.05) is 125 Å². The van der Waals surface area contributed by atoms with Crippen LogP contribution in [0.5, 0.6) is 17.2 Å². The van der Waals surface area contributed by atoms with Crippen LogP contribution in [0.3, 0.4) is 0 Å². The highest BCUT2D eigenvalue weighted by Crippen LogP contribution is 2.45. The van der Waals surface area contributed by atoms with E-state index < -0.39 is 0 Å². The number of azo groups is 4. The molecule has 8 aromatic heterocycles. The molecule has 4 aromatic carbocycles. The van der Waals surface area contributed by atoms with Crippen molar-refractivity contribution in [1.82, 2.24) is 29.9 Å². The maximum absolute atomic E-state index is 12.1. The third-order valence-electron chi connectivity index (χ3n) is 13.0. The molecule has 476 valence electrons. The normalized spacial score (nSPS) is 10.9. The van der Waals surface area contributed by atoms with Gasteiger partial charge in [-0.1, -0.05) is 13.8 Å². The van der Waals surface area contributed by atoms with E-state index in [1.165, 1.54) is 17.5 Å². The minimum absolute atomic E-state index is 0.0605. The molecule has 0 saturated carbocycles. The first kappa shape index (κ1) is 69.7. The number of ether oxygens (including phenoxy) is 1. The van der Waals surface area contributed by atoms with Gasteiger partial charge in [0.2, 0.25) is 0 Å². The van der Waals surface area contributed by atoms with Gasteiger partial charge < -0.3 is 39.6 Å². The number of esters is 1. The zero-order chi connectivity index (χ0) is 67.0. The summed E-state index contributed by atoms with van der Waals surface area (Å²) in [6, 6.07) is 29.5. The van der Waals surface area contributed by atoms with E-state index in [0.717, 1.165) is 102 Å². The summed E-state index contributed by atoms with van der Waals surface area (Å²) in [5.74, 6) is 1.97. The summed E-state index contributed by atoms with van der Waals surface area (Å²) in [6.07, 6.45) is 12.0. The predicted molar refractivity (Wildman–Crippen MR) is 359 cm³/mol. The molecule has 0 amide bonds. The zero-order valence-corrected chi connectivity index (χ0v) is 54.6. The minimum atomic E-state index is -0.324. The Balaban J connectivity index is 0.000000171. The van der Waals surface area contributed by atoms with Gasteiger partial charge in [-0.15, -0.1) is 86.3 Å². The van der Waals surface area contributed by atoms with Crippen LogP contribution in [-0.2, 0) is 43.3 Å². The molecule has 0 atom stereocenters. The fourth-order valence-electron chi connectivity index (χ4n) is 8.89. The molecule has 0 unspecified atom stereocenters. The Hall–Kier alpha value is -10.8. The lowest BCUT2D eigenvalue weighted by Gasteiger charge is -2.14. The quantitative estimate of drug-likeness (QED) is 0.0470. The van der Waals surface area contributed by atoms with Crippen molar-refractivity contribution < 1.29 is 49.1 Å². The van der Waals surface area contributed by atoms with Gasteiger partial charge in [0, 0.05) is 74.9 Å². The molecule has 0 aliphatic carbocycles. The summed E-state index contributed by atoms with van der Waals surface area (Å²) >= 11 is 6.19. The van der Waals surface area contributed by atoms with E-state index in [9.17, 15) is 20.1 Å².